The molecule has 2 bridgehead atoms. The minimum atomic E-state index is -0.635. The van der Waals surface area contributed by atoms with Gasteiger partial charge < -0.3 is 4.74 Å². The van der Waals surface area contributed by atoms with Gasteiger partial charge in [0, 0.05) is 13.0 Å². The molecule has 0 aromatic carbocycles. The first-order valence-electron chi connectivity index (χ1n) is 5.71. The number of hydrogen-bond acceptors (Lipinski definition) is 2. The highest BCUT2D eigenvalue weighted by Gasteiger charge is 2.63. The lowest BCUT2D eigenvalue weighted by Gasteiger charge is -2.42. The van der Waals surface area contributed by atoms with E-state index < -0.39 is 6.17 Å². The summed E-state index contributed by atoms with van der Waals surface area (Å²) in [7, 11) is 0. The van der Waals surface area contributed by atoms with Gasteiger partial charge in [-0.25, -0.2) is 4.39 Å². The zero-order valence-electron chi connectivity index (χ0n) is 8.87. The summed E-state index contributed by atoms with van der Waals surface area (Å²) in [5.74, 6) is 0.499. The van der Waals surface area contributed by atoms with Gasteiger partial charge >= 0.3 is 0 Å². The number of rotatable bonds is 1. The van der Waals surface area contributed by atoms with Crippen LogP contribution in [0.25, 0.3) is 0 Å². The van der Waals surface area contributed by atoms with E-state index >= 15 is 0 Å². The van der Waals surface area contributed by atoms with E-state index in [9.17, 15) is 4.39 Å². The predicted molar refractivity (Wildman–Crippen MR) is 51.7 cm³/mol. The average molecular weight is 199 g/mol. The van der Waals surface area contributed by atoms with Crippen molar-refractivity contribution in [1.82, 2.24) is 4.90 Å². The van der Waals surface area contributed by atoms with Crippen LogP contribution in [-0.4, -0.2) is 35.5 Å². The SMILES string of the molecule is CC(C)C12CC(F)CN1C1CCC2O1. The highest BCUT2D eigenvalue weighted by molar-refractivity contribution is 5.14. The second-order valence-corrected chi connectivity index (χ2v) is 5.26. The van der Waals surface area contributed by atoms with Crippen LogP contribution in [0.4, 0.5) is 4.39 Å². The molecule has 80 valence electrons. The van der Waals surface area contributed by atoms with Crippen molar-refractivity contribution >= 4 is 0 Å². The zero-order chi connectivity index (χ0) is 9.92. The van der Waals surface area contributed by atoms with Gasteiger partial charge in [-0.2, -0.15) is 0 Å². The number of nitrogens with zero attached hydrogens (tertiary/aromatic N) is 1. The maximum absolute atomic E-state index is 13.5. The largest absolute Gasteiger partial charge is 0.358 e. The zero-order valence-corrected chi connectivity index (χ0v) is 8.87. The molecule has 3 saturated heterocycles. The van der Waals surface area contributed by atoms with Crippen molar-refractivity contribution in [3.05, 3.63) is 0 Å². The number of fused-ring (bicyclic) bond motifs is 5. The number of piperidine rings is 1. The molecule has 4 atom stereocenters. The van der Waals surface area contributed by atoms with E-state index in [4.69, 9.17) is 4.74 Å². The van der Waals surface area contributed by atoms with Gasteiger partial charge in [-0.3, -0.25) is 4.90 Å². The Bertz CT molecular complexity index is 258. The Morgan fingerprint density at radius 2 is 2.21 bits per heavy atom. The summed E-state index contributed by atoms with van der Waals surface area (Å²) >= 11 is 0. The van der Waals surface area contributed by atoms with E-state index in [1.807, 2.05) is 0 Å². The monoisotopic (exact) mass is 199 g/mol. The molecule has 3 fully saturated rings. The second-order valence-electron chi connectivity index (χ2n) is 5.26. The third-order valence-electron chi connectivity index (χ3n) is 4.38. The molecule has 3 heteroatoms. The smallest absolute Gasteiger partial charge is 0.115 e. The summed E-state index contributed by atoms with van der Waals surface area (Å²) in [6.45, 7) is 5.00. The first-order valence-corrected chi connectivity index (χ1v) is 5.71. The molecule has 0 radical (unpaired) electrons. The third kappa shape index (κ3) is 0.878. The van der Waals surface area contributed by atoms with Crippen LogP contribution >= 0.6 is 0 Å². The Morgan fingerprint density at radius 3 is 2.86 bits per heavy atom. The van der Waals surface area contributed by atoms with Crippen LogP contribution in [0.5, 0.6) is 0 Å². The van der Waals surface area contributed by atoms with E-state index in [0.717, 1.165) is 12.8 Å². The van der Waals surface area contributed by atoms with Crippen LogP contribution in [0.15, 0.2) is 0 Å². The van der Waals surface area contributed by atoms with Crippen molar-refractivity contribution in [2.75, 3.05) is 6.54 Å². The van der Waals surface area contributed by atoms with E-state index in [1.165, 1.54) is 0 Å². The Labute approximate surface area is 84.4 Å². The molecule has 3 aliphatic heterocycles. The molecular weight excluding hydrogens is 181 g/mol. The Balaban J connectivity index is 1.99. The van der Waals surface area contributed by atoms with Gasteiger partial charge in [0.15, 0.2) is 0 Å². The van der Waals surface area contributed by atoms with Crippen LogP contribution in [0, 0.1) is 5.92 Å². The van der Waals surface area contributed by atoms with Gasteiger partial charge in [-0.15, -0.1) is 0 Å². The molecule has 2 nitrogen and oxygen atoms in total. The van der Waals surface area contributed by atoms with Crippen LogP contribution in [0.3, 0.4) is 0 Å². The molecule has 3 aliphatic rings. The van der Waals surface area contributed by atoms with E-state index in [1.54, 1.807) is 0 Å². The minimum absolute atomic E-state index is 0.0301. The number of ether oxygens (including phenoxy) is 1. The average Bonchev–Trinajstić information content (AvgIpc) is 2.71. The quantitative estimate of drug-likeness (QED) is 0.640. The summed E-state index contributed by atoms with van der Waals surface area (Å²) in [6, 6.07) is 0. The molecule has 4 unspecified atom stereocenters. The van der Waals surface area contributed by atoms with E-state index in [2.05, 4.69) is 18.7 Å². The highest BCUT2D eigenvalue weighted by atomic mass is 19.1. The van der Waals surface area contributed by atoms with Crippen LogP contribution < -0.4 is 0 Å². The molecule has 3 rings (SSSR count). The standard InChI is InChI=1S/C11H18FNO/c1-7(2)11-5-8(12)6-13(11)10-4-3-9(11)14-10/h7-10H,3-6H2,1-2H3. The highest BCUT2D eigenvalue weighted by Crippen LogP contribution is 2.53. The van der Waals surface area contributed by atoms with Crippen LogP contribution in [-0.2, 0) is 4.74 Å². The Hall–Kier alpha value is -0.150. The Kier molecular flexibility index (Phi) is 1.76. The van der Waals surface area contributed by atoms with E-state index in [0.29, 0.717) is 25.0 Å². The number of alkyl halides is 1. The number of halogens is 1. The van der Waals surface area contributed by atoms with Crippen molar-refractivity contribution < 1.29 is 9.13 Å². The molecule has 14 heavy (non-hydrogen) atoms. The van der Waals surface area contributed by atoms with Gasteiger partial charge in [0.25, 0.3) is 0 Å². The normalized spacial score (nSPS) is 51.9. The Morgan fingerprint density at radius 1 is 1.43 bits per heavy atom. The van der Waals surface area contributed by atoms with Crippen LogP contribution in [0.1, 0.15) is 33.1 Å². The molecule has 0 N–H and O–H groups in total. The van der Waals surface area contributed by atoms with Crippen molar-refractivity contribution in [3.63, 3.8) is 0 Å². The van der Waals surface area contributed by atoms with Gasteiger partial charge in [-0.1, -0.05) is 13.8 Å². The molecule has 0 aromatic rings. The van der Waals surface area contributed by atoms with Crippen LogP contribution in [0.2, 0.25) is 0 Å². The molecule has 0 aromatic heterocycles. The summed E-state index contributed by atoms with van der Waals surface area (Å²) < 4.78 is 19.4. The molecule has 0 saturated carbocycles. The third-order valence-corrected chi connectivity index (χ3v) is 4.38. The molecule has 0 amide bonds. The lowest BCUT2D eigenvalue weighted by atomic mass is 9.76. The van der Waals surface area contributed by atoms with Gasteiger partial charge in [0.2, 0.25) is 0 Å². The van der Waals surface area contributed by atoms with Gasteiger partial charge in [0.05, 0.1) is 11.6 Å². The first kappa shape index (κ1) is 9.10. The predicted octanol–water partition coefficient (Wildman–Crippen LogP) is 1.94. The molecular formula is C11H18FNO. The molecule has 0 aliphatic carbocycles. The summed E-state index contributed by atoms with van der Waals surface area (Å²) in [6.07, 6.45) is 2.81. The fourth-order valence-corrected chi connectivity index (χ4v) is 3.78. The van der Waals surface area contributed by atoms with Crippen molar-refractivity contribution in [2.45, 2.75) is 57.2 Å². The molecule has 3 heterocycles. The lowest BCUT2D eigenvalue weighted by Crippen LogP contribution is -2.54. The minimum Gasteiger partial charge on any atom is -0.358 e. The van der Waals surface area contributed by atoms with Crippen molar-refractivity contribution in [1.29, 1.82) is 0 Å². The first-order chi connectivity index (χ1) is 6.64. The van der Waals surface area contributed by atoms with E-state index in [-0.39, 0.29) is 11.8 Å². The topological polar surface area (TPSA) is 12.5 Å². The summed E-state index contributed by atoms with van der Waals surface area (Å²) in [4.78, 5) is 2.30. The van der Waals surface area contributed by atoms with Crippen molar-refractivity contribution in [2.24, 2.45) is 5.92 Å². The second kappa shape index (κ2) is 2.70. The summed E-state index contributed by atoms with van der Waals surface area (Å²) in [5, 5.41) is 0. The fraction of sp³-hybridized carbons (Fsp3) is 1.00. The van der Waals surface area contributed by atoms with Crippen molar-refractivity contribution in [3.8, 4) is 0 Å². The summed E-state index contributed by atoms with van der Waals surface area (Å²) in [5.41, 5.74) is 0.0301. The lowest BCUT2D eigenvalue weighted by molar-refractivity contribution is 0.0396. The fourth-order valence-electron chi connectivity index (χ4n) is 3.78. The number of hydrogen-bond donors (Lipinski definition) is 0. The molecule has 0 spiro atoms. The van der Waals surface area contributed by atoms with Gasteiger partial charge in [-0.05, 0) is 18.8 Å². The maximum Gasteiger partial charge on any atom is 0.115 e. The maximum atomic E-state index is 13.5. The van der Waals surface area contributed by atoms with Gasteiger partial charge in [0.1, 0.15) is 12.4 Å².